The van der Waals surface area contributed by atoms with Crippen LogP contribution in [0.1, 0.15) is 117 Å². The topological polar surface area (TPSA) is 180 Å². The molecule has 282 valence electrons. The molecule has 12 heteroatoms. The first kappa shape index (κ1) is 46.6. The van der Waals surface area contributed by atoms with Gasteiger partial charge in [0.15, 0.2) is 6.10 Å². The number of carbonyl (C=O) groups is 2. The number of rotatable bonds is 30. The van der Waals surface area contributed by atoms with E-state index in [-0.39, 0.29) is 25.7 Å². The van der Waals surface area contributed by atoms with Gasteiger partial charge in [0.1, 0.15) is 6.61 Å². The van der Waals surface area contributed by atoms with Crippen LogP contribution >= 0.6 is 7.82 Å². The number of hydrogen-bond donors (Lipinski definition) is 5. The third-order valence-electron chi connectivity index (χ3n) is 7.32. The summed E-state index contributed by atoms with van der Waals surface area (Å²) in [6.07, 6.45) is 24.9. The van der Waals surface area contributed by atoms with Crippen LogP contribution in [0.2, 0.25) is 0 Å². The van der Waals surface area contributed by atoms with E-state index in [2.05, 4.69) is 18.4 Å². The van der Waals surface area contributed by atoms with Crippen molar-refractivity contribution in [2.45, 2.75) is 141 Å². The summed E-state index contributed by atoms with van der Waals surface area (Å²) in [5.74, 6) is -0.479. The zero-order chi connectivity index (χ0) is 36.8. The molecule has 0 aliphatic rings. The van der Waals surface area contributed by atoms with Crippen LogP contribution in [0.4, 0.5) is 0 Å². The van der Waals surface area contributed by atoms with E-state index in [0.29, 0.717) is 12.8 Å². The predicted molar refractivity (Wildman–Crippen MR) is 192 cm³/mol. The van der Waals surface area contributed by atoms with E-state index in [1.807, 2.05) is 19.1 Å². The standard InChI is InChI=1S/C37H63O11P/c1-4-5-16-23-32(38)24-18-13-10-11-14-19-25-34(39)35(40)26-21-28-37(42)48-33(30-47-49(43,44)45)29-46-36(41)27-20-15-9-7-6-8-12-17-22-31(2)3/h5,10-11,13-14,16,18-19,24-25,31-35,38-40H,4,6-9,12,15,17,20-23,26-30H2,1-3H3,(H2,43,44,45)/b13-10+,14-11-,16-5-,24-18+,25-19-/t32-,33+,34+,35+/m0/s1. The van der Waals surface area contributed by atoms with Gasteiger partial charge >= 0.3 is 19.8 Å². The molecular formula is C37H63O11P. The Labute approximate surface area is 294 Å². The summed E-state index contributed by atoms with van der Waals surface area (Å²) in [5.41, 5.74) is 0. The van der Waals surface area contributed by atoms with E-state index in [4.69, 9.17) is 19.3 Å². The molecule has 0 saturated heterocycles. The minimum absolute atomic E-state index is 0.0849. The Kier molecular flexibility index (Phi) is 29.0. The Morgan fingerprint density at radius 1 is 0.694 bits per heavy atom. The highest BCUT2D eigenvalue weighted by Crippen LogP contribution is 2.36. The van der Waals surface area contributed by atoms with Crippen LogP contribution in [0, 0.1) is 5.92 Å². The summed E-state index contributed by atoms with van der Waals surface area (Å²) in [6, 6.07) is 0. The fourth-order valence-electron chi connectivity index (χ4n) is 4.54. The van der Waals surface area contributed by atoms with Gasteiger partial charge in [0.25, 0.3) is 0 Å². The zero-order valence-corrected chi connectivity index (χ0v) is 30.7. The Balaban J connectivity index is 4.41. The van der Waals surface area contributed by atoms with Gasteiger partial charge in [-0.25, -0.2) is 4.57 Å². The molecule has 0 spiro atoms. The van der Waals surface area contributed by atoms with Crippen molar-refractivity contribution in [2.75, 3.05) is 13.2 Å². The third-order valence-corrected chi connectivity index (χ3v) is 7.81. The predicted octanol–water partition coefficient (Wildman–Crippen LogP) is 6.94. The van der Waals surface area contributed by atoms with Crippen molar-refractivity contribution < 1.29 is 53.3 Å². The molecule has 0 saturated carbocycles. The van der Waals surface area contributed by atoms with E-state index in [9.17, 15) is 29.5 Å². The molecule has 0 aliphatic carbocycles. The van der Waals surface area contributed by atoms with Crippen molar-refractivity contribution in [3.8, 4) is 0 Å². The smallest absolute Gasteiger partial charge is 0.462 e. The lowest BCUT2D eigenvalue weighted by atomic mass is 10.0. The fraction of sp³-hybridized carbons (Fsp3) is 0.676. The van der Waals surface area contributed by atoms with Crippen LogP contribution in [0.15, 0.2) is 60.8 Å². The number of ether oxygens (including phenoxy) is 2. The van der Waals surface area contributed by atoms with E-state index < -0.39 is 57.4 Å². The first-order valence-electron chi connectivity index (χ1n) is 17.8. The van der Waals surface area contributed by atoms with Gasteiger partial charge in [-0.1, -0.05) is 133 Å². The molecule has 0 fully saturated rings. The summed E-state index contributed by atoms with van der Waals surface area (Å²) in [4.78, 5) is 42.6. The molecule has 5 N–H and O–H groups in total. The van der Waals surface area contributed by atoms with Crippen molar-refractivity contribution in [2.24, 2.45) is 5.92 Å². The molecule has 0 heterocycles. The second-order valence-corrected chi connectivity index (χ2v) is 13.8. The summed E-state index contributed by atoms with van der Waals surface area (Å²) in [5, 5.41) is 30.2. The molecule has 0 aromatic heterocycles. The highest BCUT2D eigenvalue weighted by Gasteiger charge is 2.23. The molecule has 0 radical (unpaired) electrons. The number of allylic oxidation sites excluding steroid dienone is 7. The number of hydrogen-bond acceptors (Lipinski definition) is 9. The molecular weight excluding hydrogens is 651 g/mol. The molecule has 0 aromatic rings. The number of carbonyl (C=O) groups excluding carboxylic acids is 2. The number of aliphatic hydroxyl groups is 3. The van der Waals surface area contributed by atoms with E-state index in [1.54, 1.807) is 42.5 Å². The average molecular weight is 715 g/mol. The Bertz CT molecular complexity index is 1040. The highest BCUT2D eigenvalue weighted by atomic mass is 31.2. The van der Waals surface area contributed by atoms with E-state index in [1.165, 1.54) is 38.2 Å². The number of esters is 2. The van der Waals surface area contributed by atoms with Gasteiger partial charge in [-0.05, 0) is 38.0 Å². The lowest BCUT2D eigenvalue weighted by Crippen LogP contribution is -2.29. The summed E-state index contributed by atoms with van der Waals surface area (Å²) < 4.78 is 26.0. The SMILES string of the molecule is CC/C=C\C[C@H](O)/C=C/C=C/C=C\C=C/[C@@H](O)[C@H](O)CCCC(=O)O[C@H](COC(=O)CCCCCCCCCCC(C)C)COP(=O)(O)O. The second kappa shape index (κ2) is 30.5. The minimum Gasteiger partial charge on any atom is -0.462 e. The van der Waals surface area contributed by atoms with Crippen LogP contribution in [-0.2, 0) is 28.2 Å². The molecule has 49 heavy (non-hydrogen) atoms. The van der Waals surface area contributed by atoms with Crippen LogP contribution in [-0.4, -0.2) is 74.7 Å². The van der Waals surface area contributed by atoms with E-state index in [0.717, 1.165) is 31.6 Å². The number of phosphoric ester groups is 1. The van der Waals surface area contributed by atoms with Gasteiger partial charge in [0.05, 0.1) is 24.9 Å². The molecule has 11 nitrogen and oxygen atoms in total. The molecule has 0 aromatic carbocycles. The molecule has 4 atom stereocenters. The second-order valence-electron chi connectivity index (χ2n) is 12.5. The van der Waals surface area contributed by atoms with Crippen LogP contribution in [0.25, 0.3) is 0 Å². The van der Waals surface area contributed by atoms with Gasteiger partial charge in [-0.15, -0.1) is 0 Å². The largest absolute Gasteiger partial charge is 0.469 e. The molecule has 0 bridgehead atoms. The Morgan fingerprint density at radius 3 is 1.88 bits per heavy atom. The zero-order valence-electron chi connectivity index (χ0n) is 29.8. The van der Waals surface area contributed by atoms with Crippen molar-refractivity contribution in [3.63, 3.8) is 0 Å². The maximum atomic E-state index is 12.4. The fourth-order valence-corrected chi connectivity index (χ4v) is 4.90. The summed E-state index contributed by atoms with van der Waals surface area (Å²) in [6.45, 7) is 5.43. The van der Waals surface area contributed by atoms with Crippen LogP contribution in [0.3, 0.4) is 0 Å². The maximum absolute atomic E-state index is 12.4. The van der Waals surface area contributed by atoms with Gasteiger partial charge in [-0.3, -0.25) is 14.1 Å². The maximum Gasteiger partial charge on any atom is 0.469 e. The quantitative estimate of drug-likeness (QED) is 0.0171. The third kappa shape index (κ3) is 32.6. The van der Waals surface area contributed by atoms with Crippen molar-refractivity contribution in [1.29, 1.82) is 0 Å². The normalized spacial score (nSPS) is 15.3. The van der Waals surface area contributed by atoms with Crippen LogP contribution < -0.4 is 0 Å². The number of unbranched alkanes of at least 4 members (excludes halogenated alkanes) is 7. The molecule has 0 aliphatic heterocycles. The van der Waals surface area contributed by atoms with Crippen molar-refractivity contribution in [3.05, 3.63) is 60.8 Å². The molecule has 0 amide bonds. The monoisotopic (exact) mass is 714 g/mol. The highest BCUT2D eigenvalue weighted by molar-refractivity contribution is 7.46. The Hall–Kier alpha value is -2.37. The van der Waals surface area contributed by atoms with Crippen molar-refractivity contribution in [1.82, 2.24) is 0 Å². The lowest BCUT2D eigenvalue weighted by Gasteiger charge is -2.19. The average Bonchev–Trinajstić information content (AvgIpc) is 3.03. The molecule has 0 unspecified atom stereocenters. The number of aliphatic hydroxyl groups excluding tert-OH is 3. The van der Waals surface area contributed by atoms with Gasteiger partial charge in [0, 0.05) is 12.8 Å². The molecule has 0 rings (SSSR count). The minimum atomic E-state index is -4.85. The first-order valence-corrected chi connectivity index (χ1v) is 19.3. The van der Waals surface area contributed by atoms with Gasteiger partial charge in [0.2, 0.25) is 0 Å². The summed E-state index contributed by atoms with van der Waals surface area (Å²) in [7, 11) is -4.85. The first-order chi connectivity index (χ1) is 23.3. The van der Waals surface area contributed by atoms with Gasteiger partial charge in [-0.2, -0.15) is 0 Å². The van der Waals surface area contributed by atoms with E-state index >= 15 is 0 Å². The van der Waals surface area contributed by atoms with Crippen LogP contribution in [0.5, 0.6) is 0 Å². The van der Waals surface area contributed by atoms with Crippen molar-refractivity contribution >= 4 is 19.8 Å². The summed E-state index contributed by atoms with van der Waals surface area (Å²) >= 11 is 0. The Morgan fingerprint density at radius 2 is 1.27 bits per heavy atom. The van der Waals surface area contributed by atoms with Gasteiger partial charge < -0.3 is 34.6 Å². The lowest BCUT2D eigenvalue weighted by molar-refractivity contribution is -0.161. The number of phosphoric acid groups is 1.